The van der Waals surface area contributed by atoms with Gasteiger partial charge in [-0.15, -0.1) is 11.3 Å². The standard InChI is InChI=1S/C27H26F3N5O5S/c1-4-31-26(38)34-22-11-16(24-33-21(14-41-24)27(28,29)30)18(12-32-22)15-6-7-20-17(10-15)23(36)19(25(37)40-5-2)13-35(20)8-9-39-3/h6-7,10-14H,4-5,8-9H2,1-3H3,(H2,31,32,34,38). The highest BCUT2D eigenvalue weighted by atomic mass is 32.1. The molecule has 0 bridgehead atoms. The summed E-state index contributed by atoms with van der Waals surface area (Å²) in [6.07, 6.45) is -1.85. The lowest BCUT2D eigenvalue weighted by molar-refractivity contribution is -0.140. The second-order valence-corrected chi connectivity index (χ2v) is 9.50. The van der Waals surface area contributed by atoms with Gasteiger partial charge in [-0.1, -0.05) is 6.07 Å². The number of methoxy groups -OCH3 is 1. The number of esters is 1. The van der Waals surface area contributed by atoms with Gasteiger partial charge in [0.1, 0.15) is 16.4 Å². The van der Waals surface area contributed by atoms with Gasteiger partial charge in [-0.2, -0.15) is 13.2 Å². The predicted molar refractivity (Wildman–Crippen MR) is 148 cm³/mol. The Kier molecular flexibility index (Phi) is 9.03. The van der Waals surface area contributed by atoms with Gasteiger partial charge in [0.25, 0.3) is 0 Å². The SMILES string of the molecule is CCNC(=O)Nc1cc(-c2nc(C(F)(F)F)cs2)c(-c2ccc3c(c2)c(=O)c(C(=O)OCC)cn3CCOC)cn1. The van der Waals surface area contributed by atoms with Gasteiger partial charge in [-0.05, 0) is 37.6 Å². The van der Waals surface area contributed by atoms with Gasteiger partial charge in [0.2, 0.25) is 5.43 Å². The molecule has 3 aromatic heterocycles. The van der Waals surface area contributed by atoms with E-state index in [2.05, 4.69) is 20.6 Å². The lowest BCUT2D eigenvalue weighted by Gasteiger charge is -2.15. The normalized spacial score (nSPS) is 11.5. The fourth-order valence-electron chi connectivity index (χ4n) is 4.07. The van der Waals surface area contributed by atoms with Crippen LogP contribution in [0, 0.1) is 0 Å². The molecule has 3 heterocycles. The van der Waals surface area contributed by atoms with Gasteiger partial charge in [-0.3, -0.25) is 10.1 Å². The van der Waals surface area contributed by atoms with E-state index in [4.69, 9.17) is 9.47 Å². The molecule has 0 atom stereocenters. The molecule has 0 aliphatic rings. The van der Waals surface area contributed by atoms with E-state index < -0.39 is 29.3 Å². The van der Waals surface area contributed by atoms with Crippen molar-refractivity contribution in [1.82, 2.24) is 19.9 Å². The number of alkyl halides is 3. The highest BCUT2D eigenvalue weighted by molar-refractivity contribution is 7.13. The molecular formula is C27H26F3N5O5S. The molecular weight excluding hydrogens is 563 g/mol. The molecule has 0 aliphatic heterocycles. The van der Waals surface area contributed by atoms with Crippen LogP contribution >= 0.6 is 11.3 Å². The fourth-order valence-corrected chi connectivity index (χ4v) is 4.93. The molecule has 4 aromatic rings. The third-order valence-corrected chi connectivity index (χ3v) is 6.81. The average molecular weight is 590 g/mol. The van der Waals surface area contributed by atoms with Crippen LogP contribution in [0.4, 0.5) is 23.8 Å². The summed E-state index contributed by atoms with van der Waals surface area (Å²) in [6, 6.07) is 5.77. The van der Waals surface area contributed by atoms with Crippen LogP contribution in [0.25, 0.3) is 32.6 Å². The Morgan fingerprint density at radius 1 is 1.15 bits per heavy atom. The number of nitrogens with one attached hydrogen (secondary N) is 2. The van der Waals surface area contributed by atoms with Crippen LogP contribution in [0.5, 0.6) is 0 Å². The number of benzene rings is 1. The Hall–Kier alpha value is -4.30. The van der Waals surface area contributed by atoms with E-state index in [1.807, 2.05) is 0 Å². The summed E-state index contributed by atoms with van der Waals surface area (Å²) in [6.45, 7) is 4.43. The van der Waals surface area contributed by atoms with Crippen LogP contribution < -0.4 is 16.1 Å². The number of pyridine rings is 2. The van der Waals surface area contributed by atoms with Crippen molar-refractivity contribution in [2.45, 2.75) is 26.6 Å². The molecule has 14 heteroatoms. The Bertz CT molecular complexity index is 1650. The number of carbonyl (C=O) groups is 2. The molecule has 2 N–H and O–H groups in total. The number of hydrogen-bond acceptors (Lipinski definition) is 8. The van der Waals surface area contributed by atoms with Crippen LogP contribution in [0.1, 0.15) is 29.9 Å². The number of urea groups is 1. The summed E-state index contributed by atoms with van der Waals surface area (Å²) < 4.78 is 52.0. The first-order valence-electron chi connectivity index (χ1n) is 12.5. The summed E-state index contributed by atoms with van der Waals surface area (Å²) in [5, 5.41) is 6.22. The highest BCUT2D eigenvalue weighted by Crippen LogP contribution is 2.39. The number of anilines is 1. The number of nitrogens with zero attached hydrogens (tertiary/aromatic N) is 3. The number of carbonyl (C=O) groups excluding carboxylic acids is 2. The lowest BCUT2D eigenvalue weighted by Crippen LogP contribution is -2.28. The number of halogens is 3. The van der Waals surface area contributed by atoms with E-state index in [-0.39, 0.29) is 33.9 Å². The third-order valence-electron chi connectivity index (χ3n) is 5.93. The van der Waals surface area contributed by atoms with Crippen molar-refractivity contribution in [3.63, 3.8) is 0 Å². The fraction of sp³-hybridized carbons (Fsp3) is 0.296. The van der Waals surface area contributed by atoms with Gasteiger partial charge in [0, 0.05) is 54.5 Å². The molecule has 0 radical (unpaired) electrons. The molecule has 10 nitrogen and oxygen atoms in total. The number of fused-ring (bicyclic) bond motifs is 1. The van der Waals surface area contributed by atoms with Crippen LogP contribution in [-0.2, 0) is 22.2 Å². The third kappa shape index (κ3) is 6.55. The zero-order valence-electron chi connectivity index (χ0n) is 22.3. The first kappa shape index (κ1) is 29.7. The summed E-state index contributed by atoms with van der Waals surface area (Å²) in [4.78, 5) is 46.1. The van der Waals surface area contributed by atoms with Crippen molar-refractivity contribution < 1.29 is 32.2 Å². The van der Waals surface area contributed by atoms with E-state index in [0.717, 1.165) is 16.7 Å². The summed E-state index contributed by atoms with van der Waals surface area (Å²) in [5.74, 6) is -0.688. The van der Waals surface area contributed by atoms with Gasteiger partial charge >= 0.3 is 18.2 Å². The number of aromatic nitrogens is 3. The molecule has 2 amide bonds. The molecule has 0 spiro atoms. The summed E-state index contributed by atoms with van der Waals surface area (Å²) in [7, 11) is 1.52. The number of rotatable bonds is 9. The van der Waals surface area contributed by atoms with E-state index in [0.29, 0.717) is 36.3 Å². The minimum Gasteiger partial charge on any atom is -0.462 e. The van der Waals surface area contributed by atoms with Crippen molar-refractivity contribution in [1.29, 1.82) is 0 Å². The van der Waals surface area contributed by atoms with Crippen molar-refractivity contribution in [2.24, 2.45) is 0 Å². The minimum absolute atomic E-state index is 0.0338. The van der Waals surface area contributed by atoms with Crippen LogP contribution in [0.2, 0.25) is 0 Å². The number of thiazole rings is 1. The second-order valence-electron chi connectivity index (χ2n) is 8.65. The Balaban J connectivity index is 1.91. The smallest absolute Gasteiger partial charge is 0.434 e. The van der Waals surface area contributed by atoms with E-state index in [9.17, 15) is 27.6 Å². The Morgan fingerprint density at radius 3 is 2.59 bits per heavy atom. The minimum atomic E-state index is -4.65. The highest BCUT2D eigenvalue weighted by Gasteiger charge is 2.34. The average Bonchev–Trinajstić information content (AvgIpc) is 3.44. The number of amides is 2. The van der Waals surface area contributed by atoms with Gasteiger partial charge in [0.05, 0.1) is 18.7 Å². The topological polar surface area (TPSA) is 124 Å². The molecule has 0 saturated carbocycles. The zero-order valence-corrected chi connectivity index (χ0v) is 23.1. The predicted octanol–water partition coefficient (Wildman–Crippen LogP) is 5.17. The molecule has 0 aliphatic carbocycles. The molecule has 4 rings (SSSR count). The summed E-state index contributed by atoms with van der Waals surface area (Å²) >= 11 is 0.778. The molecule has 216 valence electrons. The maximum atomic E-state index is 13.4. The molecule has 0 fully saturated rings. The van der Waals surface area contributed by atoms with Crippen molar-refractivity contribution in [2.75, 3.05) is 32.2 Å². The second kappa shape index (κ2) is 12.5. The van der Waals surface area contributed by atoms with Crippen molar-refractivity contribution >= 4 is 40.1 Å². The largest absolute Gasteiger partial charge is 0.462 e. The van der Waals surface area contributed by atoms with Gasteiger partial charge < -0.3 is 19.4 Å². The van der Waals surface area contributed by atoms with Crippen LogP contribution in [0.3, 0.4) is 0 Å². The maximum absolute atomic E-state index is 13.4. The van der Waals surface area contributed by atoms with Crippen molar-refractivity contribution in [3.8, 4) is 21.7 Å². The van der Waals surface area contributed by atoms with Gasteiger partial charge in [0.15, 0.2) is 5.69 Å². The van der Waals surface area contributed by atoms with Crippen LogP contribution in [-0.4, -0.2) is 53.4 Å². The maximum Gasteiger partial charge on any atom is 0.434 e. The van der Waals surface area contributed by atoms with E-state index in [1.165, 1.54) is 25.6 Å². The Morgan fingerprint density at radius 2 is 1.93 bits per heavy atom. The monoisotopic (exact) mass is 589 g/mol. The quantitative estimate of drug-likeness (QED) is 0.258. The number of hydrogen-bond donors (Lipinski definition) is 2. The van der Waals surface area contributed by atoms with Gasteiger partial charge in [-0.25, -0.2) is 19.6 Å². The zero-order chi connectivity index (χ0) is 29.7. The molecule has 0 saturated heterocycles. The lowest BCUT2D eigenvalue weighted by atomic mass is 9.99. The van der Waals surface area contributed by atoms with Crippen molar-refractivity contribution in [3.05, 3.63) is 63.5 Å². The molecule has 41 heavy (non-hydrogen) atoms. The molecule has 0 unspecified atom stereocenters. The first-order chi connectivity index (χ1) is 19.6. The van der Waals surface area contributed by atoms with E-state index in [1.54, 1.807) is 36.6 Å². The summed E-state index contributed by atoms with van der Waals surface area (Å²) in [5.41, 5.74) is -0.217. The number of ether oxygens (including phenoxy) is 2. The Labute approximate surface area is 236 Å². The van der Waals surface area contributed by atoms with E-state index >= 15 is 0 Å². The van der Waals surface area contributed by atoms with Crippen LogP contribution in [0.15, 0.2) is 46.8 Å². The molecule has 1 aromatic carbocycles. The first-order valence-corrected chi connectivity index (χ1v) is 13.4.